The first kappa shape index (κ1) is 13.2. The SMILES string of the molecule is CC(NCCc1ncn[nH]1)c1ccc(Br)cc1F. The van der Waals surface area contributed by atoms with Crippen molar-refractivity contribution < 1.29 is 4.39 Å². The van der Waals surface area contributed by atoms with E-state index >= 15 is 0 Å². The number of nitrogens with one attached hydrogen (secondary N) is 2. The summed E-state index contributed by atoms with van der Waals surface area (Å²) in [5.74, 6) is 0.620. The van der Waals surface area contributed by atoms with E-state index in [1.165, 1.54) is 12.4 Å². The molecule has 2 N–H and O–H groups in total. The second kappa shape index (κ2) is 6.06. The Balaban J connectivity index is 1.89. The molecule has 0 saturated carbocycles. The van der Waals surface area contributed by atoms with Gasteiger partial charge in [-0.2, -0.15) is 5.10 Å². The van der Waals surface area contributed by atoms with Gasteiger partial charge in [-0.25, -0.2) is 9.37 Å². The van der Waals surface area contributed by atoms with Gasteiger partial charge in [-0.05, 0) is 19.1 Å². The highest BCUT2D eigenvalue weighted by Crippen LogP contribution is 2.20. The molecule has 0 bridgehead atoms. The van der Waals surface area contributed by atoms with Gasteiger partial charge in [0.05, 0.1) is 0 Å². The predicted molar refractivity (Wildman–Crippen MR) is 70.6 cm³/mol. The third-order valence-corrected chi connectivity index (χ3v) is 3.20. The number of halogens is 2. The van der Waals surface area contributed by atoms with Crippen LogP contribution >= 0.6 is 15.9 Å². The highest BCUT2D eigenvalue weighted by Gasteiger charge is 2.10. The zero-order chi connectivity index (χ0) is 13.0. The van der Waals surface area contributed by atoms with Crippen LogP contribution in [0.5, 0.6) is 0 Å². The summed E-state index contributed by atoms with van der Waals surface area (Å²) < 4.78 is 14.5. The van der Waals surface area contributed by atoms with Gasteiger partial charge in [0.25, 0.3) is 0 Å². The molecule has 1 heterocycles. The Hall–Kier alpha value is -1.27. The summed E-state index contributed by atoms with van der Waals surface area (Å²) in [5, 5.41) is 9.82. The molecule has 0 aliphatic rings. The summed E-state index contributed by atoms with van der Waals surface area (Å²) in [6.45, 7) is 2.65. The first-order chi connectivity index (χ1) is 8.66. The summed E-state index contributed by atoms with van der Waals surface area (Å²) >= 11 is 3.24. The van der Waals surface area contributed by atoms with Gasteiger partial charge in [0.2, 0.25) is 0 Å². The maximum atomic E-state index is 13.7. The summed E-state index contributed by atoms with van der Waals surface area (Å²) in [7, 11) is 0. The van der Waals surface area contributed by atoms with E-state index in [0.717, 1.165) is 16.7 Å². The van der Waals surface area contributed by atoms with E-state index in [0.29, 0.717) is 12.1 Å². The van der Waals surface area contributed by atoms with Gasteiger partial charge in [0.1, 0.15) is 18.0 Å². The lowest BCUT2D eigenvalue weighted by Gasteiger charge is -2.14. The Kier molecular flexibility index (Phi) is 4.43. The van der Waals surface area contributed by atoms with Crippen molar-refractivity contribution in [3.8, 4) is 0 Å². The summed E-state index contributed by atoms with van der Waals surface area (Å²) in [4.78, 5) is 4.03. The fourth-order valence-electron chi connectivity index (χ4n) is 1.72. The lowest BCUT2D eigenvalue weighted by atomic mass is 10.1. The van der Waals surface area contributed by atoms with Crippen LogP contribution in [0.15, 0.2) is 29.0 Å². The van der Waals surface area contributed by atoms with Crippen LogP contribution in [-0.4, -0.2) is 21.7 Å². The standard InChI is InChI=1S/C12H14BrFN4/c1-8(10-3-2-9(13)6-11(10)14)15-5-4-12-16-7-17-18-12/h2-3,6-8,15H,4-5H2,1H3,(H,16,17,18). The van der Waals surface area contributed by atoms with Crippen LogP contribution in [-0.2, 0) is 6.42 Å². The van der Waals surface area contributed by atoms with Crippen molar-refractivity contribution in [2.45, 2.75) is 19.4 Å². The van der Waals surface area contributed by atoms with Crippen molar-refractivity contribution in [3.05, 3.63) is 46.2 Å². The van der Waals surface area contributed by atoms with Crippen LogP contribution in [0.25, 0.3) is 0 Å². The number of aromatic amines is 1. The molecule has 1 atom stereocenters. The molecular formula is C12H14BrFN4. The number of aromatic nitrogens is 3. The molecule has 1 aromatic heterocycles. The molecule has 2 aromatic rings. The van der Waals surface area contributed by atoms with E-state index in [9.17, 15) is 4.39 Å². The van der Waals surface area contributed by atoms with Gasteiger partial charge < -0.3 is 5.32 Å². The van der Waals surface area contributed by atoms with Crippen molar-refractivity contribution in [3.63, 3.8) is 0 Å². The molecule has 18 heavy (non-hydrogen) atoms. The van der Waals surface area contributed by atoms with E-state index in [2.05, 4.69) is 36.4 Å². The molecule has 0 radical (unpaired) electrons. The fraction of sp³-hybridized carbons (Fsp3) is 0.333. The topological polar surface area (TPSA) is 53.6 Å². The lowest BCUT2D eigenvalue weighted by molar-refractivity contribution is 0.527. The molecule has 96 valence electrons. The van der Waals surface area contributed by atoms with Gasteiger partial charge in [-0.3, -0.25) is 5.10 Å². The molecule has 1 unspecified atom stereocenters. The molecular weight excluding hydrogens is 299 g/mol. The zero-order valence-corrected chi connectivity index (χ0v) is 11.5. The van der Waals surface area contributed by atoms with Gasteiger partial charge >= 0.3 is 0 Å². The average Bonchev–Trinajstić information content (AvgIpc) is 2.81. The number of H-pyrrole nitrogens is 1. The Bertz CT molecular complexity index is 501. The lowest BCUT2D eigenvalue weighted by Crippen LogP contribution is -2.22. The van der Waals surface area contributed by atoms with Crippen LogP contribution in [0, 0.1) is 5.82 Å². The quantitative estimate of drug-likeness (QED) is 0.892. The minimum atomic E-state index is -0.205. The van der Waals surface area contributed by atoms with Crippen LogP contribution < -0.4 is 5.32 Å². The molecule has 0 amide bonds. The van der Waals surface area contributed by atoms with Gasteiger partial charge in [-0.1, -0.05) is 22.0 Å². The van der Waals surface area contributed by atoms with E-state index in [1.54, 1.807) is 6.07 Å². The minimum absolute atomic E-state index is 0.0407. The van der Waals surface area contributed by atoms with Crippen LogP contribution in [0.3, 0.4) is 0 Å². The van der Waals surface area contributed by atoms with Crippen LogP contribution in [0.2, 0.25) is 0 Å². The molecule has 0 spiro atoms. The maximum Gasteiger partial charge on any atom is 0.137 e. The second-order valence-corrected chi connectivity index (χ2v) is 4.94. The molecule has 0 aliphatic carbocycles. The van der Waals surface area contributed by atoms with Crippen molar-refractivity contribution >= 4 is 15.9 Å². The van der Waals surface area contributed by atoms with Crippen molar-refractivity contribution in [1.82, 2.24) is 20.5 Å². The molecule has 0 fully saturated rings. The molecule has 1 aromatic carbocycles. The van der Waals surface area contributed by atoms with Crippen molar-refractivity contribution in [1.29, 1.82) is 0 Å². The first-order valence-corrected chi connectivity index (χ1v) is 6.48. The third kappa shape index (κ3) is 3.36. The summed E-state index contributed by atoms with van der Waals surface area (Å²) in [6, 6.07) is 5.06. The number of nitrogens with zero attached hydrogens (tertiary/aromatic N) is 2. The highest BCUT2D eigenvalue weighted by molar-refractivity contribution is 9.10. The Labute approximate surface area is 113 Å². The smallest absolute Gasteiger partial charge is 0.137 e. The largest absolute Gasteiger partial charge is 0.310 e. The fourth-order valence-corrected chi connectivity index (χ4v) is 2.05. The van der Waals surface area contributed by atoms with Gasteiger partial charge in [0.15, 0.2) is 0 Å². The molecule has 0 aliphatic heterocycles. The molecule has 6 heteroatoms. The summed E-state index contributed by atoms with van der Waals surface area (Å²) in [6.07, 6.45) is 2.22. The Morgan fingerprint density at radius 2 is 2.33 bits per heavy atom. The normalized spacial score (nSPS) is 12.6. The third-order valence-electron chi connectivity index (χ3n) is 2.71. The van der Waals surface area contributed by atoms with Crippen molar-refractivity contribution in [2.24, 2.45) is 0 Å². The monoisotopic (exact) mass is 312 g/mol. The van der Waals surface area contributed by atoms with Crippen LogP contribution in [0.4, 0.5) is 4.39 Å². The number of hydrogen-bond donors (Lipinski definition) is 2. The number of benzene rings is 1. The van der Waals surface area contributed by atoms with E-state index in [4.69, 9.17) is 0 Å². The molecule has 0 saturated heterocycles. The second-order valence-electron chi connectivity index (χ2n) is 4.02. The van der Waals surface area contributed by atoms with E-state index in [-0.39, 0.29) is 11.9 Å². The number of hydrogen-bond acceptors (Lipinski definition) is 3. The van der Waals surface area contributed by atoms with Crippen molar-refractivity contribution in [2.75, 3.05) is 6.54 Å². The van der Waals surface area contributed by atoms with Crippen LogP contribution in [0.1, 0.15) is 24.4 Å². The average molecular weight is 313 g/mol. The van der Waals surface area contributed by atoms with Gasteiger partial charge in [-0.15, -0.1) is 0 Å². The first-order valence-electron chi connectivity index (χ1n) is 5.69. The van der Waals surface area contributed by atoms with E-state index in [1.807, 2.05) is 13.0 Å². The maximum absolute atomic E-state index is 13.7. The van der Waals surface area contributed by atoms with E-state index < -0.39 is 0 Å². The predicted octanol–water partition coefficient (Wildman–Crippen LogP) is 2.60. The number of rotatable bonds is 5. The molecule has 4 nitrogen and oxygen atoms in total. The summed E-state index contributed by atoms with van der Waals surface area (Å²) in [5.41, 5.74) is 0.663. The Morgan fingerprint density at radius 1 is 1.50 bits per heavy atom. The zero-order valence-electron chi connectivity index (χ0n) is 9.95. The molecule has 2 rings (SSSR count). The Morgan fingerprint density at radius 3 is 3.00 bits per heavy atom. The minimum Gasteiger partial charge on any atom is -0.310 e. The van der Waals surface area contributed by atoms with Gasteiger partial charge in [0, 0.05) is 29.0 Å². The highest BCUT2D eigenvalue weighted by atomic mass is 79.9.